The average Bonchev–Trinajstić information content (AvgIpc) is 0. The van der Waals surface area contributed by atoms with Crippen LogP contribution in [0.3, 0.4) is 0 Å². The molecule has 0 aliphatic carbocycles. The summed E-state index contributed by atoms with van der Waals surface area (Å²) in [7, 11) is 0. The van der Waals surface area contributed by atoms with E-state index < -0.39 is 0 Å². The molecule has 0 saturated carbocycles. The van der Waals surface area contributed by atoms with Gasteiger partial charge in [0.25, 0.3) is 0 Å². The second-order valence-corrected chi connectivity index (χ2v) is 0. The van der Waals surface area contributed by atoms with Crippen molar-refractivity contribution < 1.29 is 22.5 Å². The van der Waals surface area contributed by atoms with Crippen molar-refractivity contribution in [2.45, 2.75) is 0 Å². The van der Waals surface area contributed by atoms with Crippen LogP contribution in [0.15, 0.2) is 0 Å². The summed E-state index contributed by atoms with van der Waals surface area (Å²) >= 11 is 0. The van der Waals surface area contributed by atoms with Gasteiger partial charge in [-0.25, -0.2) is 0 Å². The molecule has 0 saturated heterocycles. The summed E-state index contributed by atoms with van der Waals surface area (Å²) in [6, 6.07) is 0. The third-order valence-corrected chi connectivity index (χ3v) is 0. The van der Waals surface area contributed by atoms with Crippen LogP contribution in [0.4, 0.5) is 0 Å². The molecule has 6 radical (unpaired) electrons. The van der Waals surface area contributed by atoms with Crippen molar-refractivity contribution in [3.63, 3.8) is 0 Å². The van der Waals surface area contributed by atoms with Crippen LogP contribution in [-0.2, 0) is 22.5 Å². The van der Waals surface area contributed by atoms with Gasteiger partial charge in [0.1, 0.15) is 0 Å². The fourth-order valence-corrected chi connectivity index (χ4v) is 0. The first-order valence-electron chi connectivity index (χ1n) is 0. The molecule has 0 rings (SSSR count). The van der Waals surface area contributed by atoms with Crippen LogP contribution in [-0.4, -0.2) is 71.7 Å². The molecule has 0 aromatic rings. The van der Waals surface area contributed by atoms with Crippen LogP contribution in [0, 0.1) is 0 Å². The van der Waals surface area contributed by atoms with E-state index in [2.05, 4.69) is 0 Å². The maximum absolute atomic E-state index is 0. The third-order valence-electron chi connectivity index (χ3n) is 0. The summed E-state index contributed by atoms with van der Waals surface area (Å²) in [6.45, 7) is 0. The van der Waals surface area contributed by atoms with E-state index in [1.807, 2.05) is 0 Å². The van der Waals surface area contributed by atoms with Crippen molar-refractivity contribution in [3.05, 3.63) is 0 Å². The van der Waals surface area contributed by atoms with Gasteiger partial charge in [-0.3, -0.25) is 0 Å². The predicted octanol–water partition coefficient (Wildman–Crippen LogP) is -1.42. The van der Waals surface area contributed by atoms with Crippen LogP contribution in [0.25, 0.3) is 0 Å². The first-order valence-corrected chi connectivity index (χ1v) is 0. The van der Waals surface area contributed by atoms with Crippen LogP contribution < -0.4 is 0 Å². The monoisotopic (exact) mass is 378 g/mol. The van der Waals surface area contributed by atoms with Crippen molar-refractivity contribution in [1.29, 1.82) is 0 Å². The van der Waals surface area contributed by atoms with Gasteiger partial charge in [-0.1, -0.05) is 0 Å². The summed E-state index contributed by atoms with van der Waals surface area (Å²) in [6.07, 6.45) is 0. The molecule has 4 heavy (non-hydrogen) atoms. The van der Waals surface area contributed by atoms with Gasteiger partial charge in [-0.15, -0.1) is 0 Å². The number of rotatable bonds is 0. The summed E-state index contributed by atoms with van der Waals surface area (Å²) < 4.78 is 0. The third kappa shape index (κ3) is 8.85. The van der Waals surface area contributed by atoms with Crippen LogP contribution in [0.1, 0.15) is 0 Å². The molecule has 0 aromatic carbocycles. The van der Waals surface area contributed by atoms with E-state index in [0.29, 0.717) is 0 Å². The Balaban J connectivity index is 0. The van der Waals surface area contributed by atoms with E-state index in [-0.39, 0.29) is 94.2 Å². The molecule has 0 heterocycles. The SMILES string of the molecule is [Bi].[Cu].[O].[SrH2]. The number of hydrogen-bond donors (Lipinski definition) is 0. The normalized spacial score (nSPS) is 0. The fraction of sp³-hybridized carbons (Fsp3) is 0. The molecule has 0 aliphatic rings. The minimum atomic E-state index is 0. The van der Waals surface area contributed by atoms with Crippen molar-refractivity contribution in [2.24, 2.45) is 0 Å². The molecule has 0 aromatic heterocycles. The van der Waals surface area contributed by atoms with E-state index in [9.17, 15) is 0 Å². The van der Waals surface area contributed by atoms with Crippen LogP contribution in [0.5, 0.6) is 0 Å². The molecule has 0 N–H and O–H groups in total. The van der Waals surface area contributed by atoms with Gasteiger partial charge in [-0.2, -0.15) is 0 Å². The van der Waals surface area contributed by atoms with E-state index in [4.69, 9.17) is 0 Å². The Bertz CT molecular complexity index is 8.00. The molecule has 1 nitrogen and oxygen atoms in total. The molecule has 0 amide bonds. The second kappa shape index (κ2) is 17.0. The predicted molar refractivity (Wildman–Crippen MR) is 15.0 cm³/mol. The van der Waals surface area contributed by atoms with Gasteiger partial charge < -0.3 is 0 Å². The summed E-state index contributed by atoms with van der Waals surface area (Å²) in [5, 5.41) is 0. The zero-order valence-corrected chi connectivity index (χ0v) is 5.58. The first kappa shape index (κ1) is 28.9. The molecular weight excluding hydrogens is 376 g/mol. The van der Waals surface area contributed by atoms with Gasteiger partial charge in [0, 0.05) is 48.7 Å². The molecule has 0 fully saturated rings. The zero-order valence-electron chi connectivity index (χ0n) is 1.16. The number of hydrogen-bond acceptors (Lipinski definition) is 0. The molecule has 0 atom stereocenters. The Labute approximate surface area is 92.1 Å². The van der Waals surface area contributed by atoms with Gasteiger partial charge in [-0.05, 0) is 0 Å². The zero-order chi connectivity index (χ0) is 0. The van der Waals surface area contributed by atoms with E-state index in [1.165, 1.54) is 0 Å². The molecule has 26 valence electrons. The van der Waals surface area contributed by atoms with Crippen molar-refractivity contribution in [1.82, 2.24) is 0 Å². The Morgan fingerprint density at radius 1 is 1.00 bits per heavy atom. The van der Waals surface area contributed by atoms with E-state index in [1.54, 1.807) is 0 Å². The molecule has 0 unspecified atom stereocenters. The van der Waals surface area contributed by atoms with Gasteiger partial charge in [0.05, 0.1) is 0 Å². The Hall–Kier alpha value is 2.84. The van der Waals surface area contributed by atoms with Gasteiger partial charge in [0.2, 0.25) is 0 Å². The van der Waals surface area contributed by atoms with E-state index >= 15 is 0 Å². The van der Waals surface area contributed by atoms with Gasteiger partial charge >= 0.3 is 45.5 Å². The summed E-state index contributed by atoms with van der Waals surface area (Å²) in [4.78, 5) is 0. The molecule has 4 heteroatoms. The molecular formula is H2BiCuOSr. The van der Waals surface area contributed by atoms with E-state index in [0.717, 1.165) is 0 Å². The van der Waals surface area contributed by atoms with Crippen molar-refractivity contribution in [2.75, 3.05) is 0 Å². The molecule has 0 spiro atoms. The second-order valence-electron chi connectivity index (χ2n) is 0. The van der Waals surface area contributed by atoms with Crippen LogP contribution in [0.2, 0.25) is 0 Å². The summed E-state index contributed by atoms with van der Waals surface area (Å²) in [5.41, 5.74) is 0. The van der Waals surface area contributed by atoms with Gasteiger partial charge in [0.15, 0.2) is 0 Å². The Morgan fingerprint density at radius 3 is 1.00 bits per heavy atom. The molecule has 0 bridgehead atoms. The molecule has 0 aliphatic heterocycles. The van der Waals surface area contributed by atoms with Crippen molar-refractivity contribution in [3.8, 4) is 0 Å². The minimum absolute atomic E-state index is 0. The first-order chi connectivity index (χ1) is 0. The Kier molecular flexibility index (Phi) is 123. The topological polar surface area (TPSA) is 28.5 Å². The standard InChI is InChI=1S/Bi.Cu.O.Sr.2H. The average molecular weight is 378 g/mol. The quantitative estimate of drug-likeness (QED) is 0.464. The van der Waals surface area contributed by atoms with Crippen molar-refractivity contribution >= 4 is 71.7 Å². The maximum atomic E-state index is 0. The fourth-order valence-electron chi connectivity index (χ4n) is 0. The summed E-state index contributed by atoms with van der Waals surface area (Å²) in [5.74, 6) is 0. The Morgan fingerprint density at radius 2 is 1.00 bits per heavy atom. The van der Waals surface area contributed by atoms with Crippen LogP contribution >= 0.6 is 0 Å².